The molecule has 0 radical (unpaired) electrons. The van der Waals surface area contributed by atoms with Gasteiger partial charge in [0, 0.05) is 0 Å². The lowest BCUT2D eigenvalue weighted by molar-refractivity contribution is -0.0872. The summed E-state index contributed by atoms with van der Waals surface area (Å²) in [4.78, 5) is 0. The fraction of sp³-hybridized carbons (Fsp3) is 1.00. The monoisotopic (exact) mass is 354 g/mol. The van der Waals surface area contributed by atoms with Crippen molar-refractivity contribution in [3.8, 4) is 0 Å². The molecule has 3 rings (SSSR count). The molecule has 1 N–H and O–H groups in total. The zero-order valence-corrected chi connectivity index (χ0v) is 17.8. The van der Waals surface area contributed by atoms with E-state index >= 15 is 0 Å². The highest BCUT2D eigenvalue weighted by Crippen LogP contribution is 2.43. The van der Waals surface area contributed by atoms with Crippen LogP contribution in [0.25, 0.3) is 0 Å². The maximum atomic E-state index is 9.53. The van der Waals surface area contributed by atoms with Gasteiger partial charge in [0.05, 0.1) is 18.8 Å². The SMILES string of the molecule is CC.CC1CCC(C2CCC(C3CCC(O)CO3)CC2)CC1.CCC. The Balaban J connectivity index is 0.000000567. The van der Waals surface area contributed by atoms with E-state index < -0.39 is 0 Å². The van der Waals surface area contributed by atoms with Gasteiger partial charge in [0.15, 0.2) is 0 Å². The minimum absolute atomic E-state index is 0.202. The molecule has 2 aliphatic carbocycles. The van der Waals surface area contributed by atoms with Crippen molar-refractivity contribution in [2.75, 3.05) is 6.61 Å². The molecule has 2 unspecified atom stereocenters. The van der Waals surface area contributed by atoms with E-state index in [0.717, 1.165) is 36.5 Å². The van der Waals surface area contributed by atoms with Crippen molar-refractivity contribution in [1.82, 2.24) is 0 Å². The van der Waals surface area contributed by atoms with Gasteiger partial charge in [-0.05, 0) is 75.0 Å². The van der Waals surface area contributed by atoms with E-state index in [0.29, 0.717) is 12.7 Å². The quantitative estimate of drug-likeness (QED) is 0.605. The molecule has 3 aliphatic rings. The van der Waals surface area contributed by atoms with E-state index in [1.807, 2.05) is 13.8 Å². The molecule has 2 heteroatoms. The molecule has 2 nitrogen and oxygen atoms in total. The number of aliphatic hydroxyl groups excluding tert-OH is 1. The molecule has 0 spiro atoms. The van der Waals surface area contributed by atoms with Gasteiger partial charge in [-0.25, -0.2) is 0 Å². The van der Waals surface area contributed by atoms with Crippen molar-refractivity contribution in [1.29, 1.82) is 0 Å². The van der Waals surface area contributed by atoms with E-state index in [1.165, 1.54) is 57.8 Å². The molecule has 1 aliphatic heterocycles. The van der Waals surface area contributed by atoms with Crippen molar-refractivity contribution in [3.63, 3.8) is 0 Å². The molecule has 1 heterocycles. The van der Waals surface area contributed by atoms with Crippen molar-refractivity contribution in [2.45, 2.75) is 117 Å². The molecule has 2 atom stereocenters. The smallest absolute Gasteiger partial charge is 0.0774 e. The molecule has 0 aromatic carbocycles. The first-order valence-electron chi connectivity index (χ1n) is 11.4. The molecule has 0 aromatic rings. The average Bonchev–Trinajstić information content (AvgIpc) is 2.66. The second kappa shape index (κ2) is 13.1. The second-order valence-corrected chi connectivity index (χ2v) is 8.50. The highest BCUT2D eigenvalue weighted by Gasteiger charge is 2.34. The minimum atomic E-state index is -0.202. The third-order valence-corrected chi connectivity index (χ3v) is 6.36. The van der Waals surface area contributed by atoms with Gasteiger partial charge in [-0.15, -0.1) is 0 Å². The van der Waals surface area contributed by atoms with Gasteiger partial charge < -0.3 is 9.84 Å². The molecule has 0 aromatic heterocycles. The van der Waals surface area contributed by atoms with Gasteiger partial charge >= 0.3 is 0 Å². The highest BCUT2D eigenvalue weighted by molar-refractivity contribution is 4.85. The topological polar surface area (TPSA) is 29.5 Å². The van der Waals surface area contributed by atoms with Crippen LogP contribution in [0.1, 0.15) is 105 Å². The number of hydrogen-bond acceptors (Lipinski definition) is 2. The van der Waals surface area contributed by atoms with Crippen LogP contribution >= 0.6 is 0 Å². The molecule has 1 saturated heterocycles. The molecule has 150 valence electrons. The van der Waals surface area contributed by atoms with Crippen LogP contribution in [0.15, 0.2) is 0 Å². The Kier molecular flexibility index (Phi) is 12.1. The van der Waals surface area contributed by atoms with Crippen LogP contribution in [-0.4, -0.2) is 23.9 Å². The summed E-state index contributed by atoms with van der Waals surface area (Å²) in [6.07, 6.45) is 15.1. The number of ether oxygens (including phenoxy) is 1. The van der Waals surface area contributed by atoms with Crippen LogP contribution in [0.2, 0.25) is 0 Å². The van der Waals surface area contributed by atoms with Crippen LogP contribution in [0.4, 0.5) is 0 Å². The van der Waals surface area contributed by atoms with E-state index in [-0.39, 0.29) is 6.10 Å². The lowest BCUT2D eigenvalue weighted by atomic mass is 9.68. The molecular formula is C23H46O2. The lowest BCUT2D eigenvalue weighted by Crippen LogP contribution is -2.37. The van der Waals surface area contributed by atoms with Crippen molar-refractivity contribution >= 4 is 0 Å². The molecule has 0 amide bonds. The van der Waals surface area contributed by atoms with Crippen LogP contribution in [-0.2, 0) is 4.74 Å². The van der Waals surface area contributed by atoms with Crippen LogP contribution in [0, 0.1) is 23.7 Å². The van der Waals surface area contributed by atoms with Crippen LogP contribution in [0.3, 0.4) is 0 Å². The van der Waals surface area contributed by atoms with Gasteiger partial charge in [-0.3, -0.25) is 0 Å². The average molecular weight is 355 g/mol. The zero-order chi connectivity index (χ0) is 18.7. The maximum Gasteiger partial charge on any atom is 0.0774 e. The fourth-order valence-electron chi connectivity index (χ4n) is 4.88. The molecule has 3 fully saturated rings. The normalized spacial score (nSPS) is 38.6. The van der Waals surface area contributed by atoms with Crippen molar-refractivity contribution in [3.05, 3.63) is 0 Å². The number of rotatable bonds is 2. The summed E-state index contributed by atoms with van der Waals surface area (Å²) in [7, 11) is 0. The number of aliphatic hydroxyl groups is 1. The maximum absolute atomic E-state index is 9.53. The Morgan fingerprint density at radius 2 is 1.16 bits per heavy atom. The van der Waals surface area contributed by atoms with Gasteiger partial charge in [0.2, 0.25) is 0 Å². The summed E-state index contributed by atoms with van der Waals surface area (Å²) in [6, 6.07) is 0. The zero-order valence-electron chi connectivity index (χ0n) is 17.8. The summed E-state index contributed by atoms with van der Waals surface area (Å²) in [6.45, 7) is 11.2. The Hall–Kier alpha value is -0.0800. The summed E-state index contributed by atoms with van der Waals surface area (Å²) >= 11 is 0. The van der Waals surface area contributed by atoms with Crippen molar-refractivity contribution < 1.29 is 9.84 Å². The van der Waals surface area contributed by atoms with Crippen LogP contribution in [0.5, 0.6) is 0 Å². The van der Waals surface area contributed by atoms with E-state index in [9.17, 15) is 5.11 Å². The molecular weight excluding hydrogens is 308 g/mol. The van der Waals surface area contributed by atoms with Gasteiger partial charge in [0.25, 0.3) is 0 Å². The van der Waals surface area contributed by atoms with E-state index in [1.54, 1.807) is 0 Å². The van der Waals surface area contributed by atoms with Gasteiger partial charge in [-0.2, -0.15) is 0 Å². The molecule has 25 heavy (non-hydrogen) atoms. The summed E-state index contributed by atoms with van der Waals surface area (Å²) in [5.74, 6) is 3.79. The van der Waals surface area contributed by atoms with Crippen molar-refractivity contribution in [2.24, 2.45) is 23.7 Å². The summed E-state index contributed by atoms with van der Waals surface area (Å²) < 4.78 is 5.87. The lowest BCUT2D eigenvalue weighted by Gasteiger charge is -2.40. The van der Waals surface area contributed by atoms with E-state index in [2.05, 4.69) is 20.8 Å². The number of hydrogen-bond donors (Lipinski definition) is 1. The predicted molar refractivity (Wildman–Crippen MR) is 109 cm³/mol. The molecule has 2 saturated carbocycles. The fourth-order valence-corrected chi connectivity index (χ4v) is 4.88. The predicted octanol–water partition coefficient (Wildman–Crippen LogP) is 6.60. The first kappa shape index (κ1) is 23.0. The Morgan fingerprint density at radius 1 is 0.720 bits per heavy atom. The highest BCUT2D eigenvalue weighted by atomic mass is 16.5. The Bertz CT molecular complexity index is 263. The van der Waals surface area contributed by atoms with Crippen LogP contribution < -0.4 is 0 Å². The summed E-state index contributed by atoms with van der Waals surface area (Å²) in [5, 5.41) is 9.53. The minimum Gasteiger partial charge on any atom is -0.391 e. The van der Waals surface area contributed by atoms with Gasteiger partial charge in [0.1, 0.15) is 0 Å². The summed E-state index contributed by atoms with van der Waals surface area (Å²) in [5.41, 5.74) is 0. The third kappa shape index (κ3) is 7.99. The van der Waals surface area contributed by atoms with E-state index in [4.69, 9.17) is 4.74 Å². The Morgan fingerprint density at radius 3 is 1.60 bits per heavy atom. The first-order chi connectivity index (χ1) is 12.1. The molecule has 0 bridgehead atoms. The Labute approximate surface area is 158 Å². The van der Waals surface area contributed by atoms with Gasteiger partial charge in [-0.1, -0.05) is 53.9 Å². The standard InChI is InChI=1S/C18H32O2.C3H8.C2H6/c1-13-2-4-14(5-3-13)15-6-8-16(9-7-15)18-11-10-17(19)12-20-18;1-3-2;1-2/h13-19H,2-12H2,1H3;3H2,1-2H3;1-2H3. The largest absolute Gasteiger partial charge is 0.391 e. The third-order valence-electron chi connectivity index (χ3n) is 6.36. The first-order valence-corrected chi connectivity index (χ1v) is 11.4. The second-order valence-electron chi connectivity index (χ2n) is 8.50.